The molecule has 0 amide bonds. The fourth-order valence-corrected chi connectivity index (χ4v) is 6.89. The van der Waals surface area contributed by atoms with Gasteiger partial charge in [0, 0.05) is 32.7 Å². The molecule has 0 saturated carbocycles. The lowest BCUT2D eigenvalue weighted by Gasteiger charge is -2.38. The Hall–Kier alpha value is -1.64. The zero-order valence-corrected chi connectivity index (χ0v) is 18.6. The van der Waals surface area contributed by atoms with Crippen molar-refractivity contribution < 1.29 is 18.3 Å². The second-order valence-corrected chi connectivity index (χ2v) is 10.7. The number of sulfonamides is 1. The number of nitrogens with zero attached hydrogens (tertiary/aromatic N) is 2. The van der Waals surface area contributed by atoms with E-state index in [2.05, 4.69) is 4.90 Å². The number of rotatable bonds is 5. The molecule has 1 saturated heterocycles. The van der Waals surface area contributed by atoms with Gasteiger partial charge in [-0.15, -0.1) is 0 Å². The number of hydrogen-bond acceptors (Lipinski definition) is 4. The molecular formula is C21H22Cl2N2O4S. The predicted molar refractivity (Wildman–Crippen MR) is 116 cm³/mol. The third-order valence-corrected chi connectivity index (χ3v) is 9.31. The summed E-state index contributed by atoms with van der Waals surface area (Å²) >= 11 is 12.0. The summed E-state index contributed by atoms with van der Waals surface area (Å²) < 4.78 is 26.5. The van der Waals surface area contributed by atoms with Gasteiger partial charge in [-0.2, -0.15) is 4.31 Å². The number of fused-ring (bicyclic) bond motifs is 1. The Morgan fingerprint density at radius 3 is 2.40 bits per heavy atom. The summed E-state index contributed by atoms with van der Waals surface area (Å²) in [5.74, 6) is -1.30. The first-order chi connectivity index (χ1) is 14.3. The second kappa shape index (κ2) is 8.13. The number of aliphatic carboxylic acids is 1. The zero-order chi connectivity index (χ0) is 21.5. The van der Waals surface area contributed by atoms with Gasteiger partial charge in [0.15, 0.2) is 0 Å². The van der Waals surface area contributed by atoms with Gasteiger partial charge in [0.2, 0.25) is 14.8 Å². The Morgan fingerprint density at radius 1 is 1.03 bits per heavy atom. The van der Waals surface area contributed by atoms with E-state index in [9.17, 15) is 18.3 Å². The van der Waals surface area contributed by atoms with Crippen molar-refractivity contribution in [1.82, 2.24) is 9.21 Å². The molecule has 4 rings (SSSR count). The van der Waals surface area contributed by atoms with Crippen LogP contribution in [0.15, 0.2) is 42.5 Å². The number of carboxylic acid groups (broad SMARTS) is 1. The van der Waals surface area contributed by atoms with E-state index in [0.717, 1.165) is 11.1 Å². The van der Waals surface area contributed by atoms with Crippen LogP contribution in [0.1, 0.15) is 23.1 Å². The summed E-state index contributed by atoms with van der Waals surface area (Å²) in [6, 6.07) is 12.4. The van der Waals surface area contributed by atoms with Crippen LogP contribution < -0.4 is 0 Å². The molecule has 1 aliphatic heterocycles. The lowest BCUT2D eigenvalue weighted by atomic mass is 10.0. The Bertz CT molecular complexity index is 1080. The third kappa shape index (κ3) is 3.52. The molecule has 2 aromatic rings. The van der Waals surface area contributed by atoms with Crippen molar-refractivity contribution in [1.29, 1.82) is 0 Å². The summed E-state index contributed by atoms with van der Waals surface area (Å²) in [6.07, 6.45) is 0.506. The van der Waals surface area contributed by atoms with Gasteiger partial charge in [-0.1, -0.05) is 53.5 Å². The number of benzene rings is 2. The van der Waals surface area contributed by atoms with Crippen molar-refractivity contribution in [3.63, 3.8) is 0 Å². The Labute approximate surface area is 186 Å². The Balaban J connectivity index is 1.52. The van der Waals surface area contributed by atoms with Gasteiger partial charge in [0.25, 0.3) is 0 Å². The highest BCUT2D eigenvalue weighted by Gasteiger charge is 2.58. The highest BCUT2D eigenvalue weighted by molar-refractivity contribution is 7.90. The first-order valence-electron chi connectivity index (χ1n) is 9.73. The van der Waals surface area contributed by atoms with Crippen molar-refractivity contribution in [2.45, 2.75) is 24.1 Å². The quantitative estimate of drug-likeness (QED) is 0.727. The summed E-state index contributed by atoms with van der Waals surface area (Å²) in [5.41, 5.74) is 2.19. The number of piperazine rings is 1. The van der Waals surface area contributed by atoms with Gasteiger partial charge >= 0.3 is 5.97 Å². The van der Waals surface area contributed by atoms with Crippen LogP contribution in [0.4, 0.5) is 0 Å². The van der Waals surface area contributed by atoms with Crippen molar-refractivity contribution in [2.75, 3.05) is 26.2 Å². The zero-order valence-electron chi connectivity index (χ0n) is 16.2. The summed E-state index contributed by atoms with van der Waals surface area (Å²) in [7, 11) is -4.08. The van der Waals surface area contributed by atoms with Gasteiger partial charge in [0.1, 0.15) is 0 Å². The molecule has 0 radical (unpaired) electrons. The molecule has 0 bridgehead atoms. The van der Waals surface area contributed by atoms with Crippen LogP contribution in [0.25, 0.3) is 0 Å². The van der Waals surface area contributed by atoms with E-state index in [1.165, 1.54) is 4.31 Å². The first kappa shape index (κ1) is 21.6. The van der Waals surface area contributed by atoms with Crippen LogP contribution in [0.5, 0.6) is 0 Å². The summed E-state index contributed by atoms with van der Waals surface area (Å²) in [6.45, 7) is 2.15. The van der Waals surface area contributed by atoms with Gasteiger partial charge < -0.3 is 5.11 Å². The molecule has 0 unspecified atom stereocenters. The minimum Gasteiger partial charge on any atom is -0.480 e. The van der Waals surface area contributed by atoms with E-state index in [4.69, 9.17) is 23.2 Å². The fraction of sp³-hybridized carbons (Fsp3) is 0.381. The maximum absolute atomic E-state index is 13.6. The third-order valence-electron chi connectivity index (χ3n) is 6.05. The van der Waals surface area contributed by atoms with E-state index in [-0.39, 0.29) is 19.5 Å². The summed E-state index contributed by atoms with van der Waals surface area (Å²) in [4.78, 5) is 14.4. The molecule has 1 atom stereocenters. The predicted octanol–water partition coefficient (Wildman–Crippen LogP) is 3.37. The number of aryl methyl sites for hydroxylation is 1. The first-order valence-corrected chi connectivity index (χ1v) is 11.9. The molecule has 6 nitrogen and oxygen atoms in total. The molecule has 30 heavy (non-hydrogen) atoms. The molecule has 1 aliphatic carbocycles. The lowest BCUT2D eigenvalue weighted by molar-refractivity contribution is -0.140. The van der Waals surface area contributed by atoms with Gasteiger partial charge in [-0.25, -0.2) is 8.42 Å². The van der Waals surface area contributed by atoms with Crippen molar-refractivity contribution in [3.05, 3.63) is 69.2 Å². The van der Waals surface area contributed by atoms with Crippen LogP contribution in [0.3, 0.4) is 0 Å². The molecule has 2 aliphatic rings. The SMILES string of the molecule is O=C(O)[C@]1(S(=O)(=O)N2CCN(Cc3ccc(Cl)c(Cl)c3)CC2)CCc2ccccc21. The van der Waals surface area contributed by atoms with Crippen molar-refractivity contribution in [3.8, 4) is 0 Å². The van der Waals surface area contributed by atoms with E-state index in [1.807, 2.05) is 24.3 Å². The minimum atomic E-state index is -4.08. The van der Waals surface area contributed by atoms with Crippen LogP contribution in [0.2, 0.25) is 10.0 Å². The van der Waals surface area contributed by atoms with E-state index < -0.39 is 20.7 Å². The monoisotopic (exact) mass is 468 g/mol. The van der Waals surface area contributed by atoms with Gasteiger partial charge in [-0.3, -0.25) is 9.69 Å². The van der Waals surface area contributed by atoms with Gasteiger partial charge in [-0.05, 0) is 41.7 Å². The van der Waals surface area contributed by atoms with E-state index in [0.29, 0.717) is 41.7 Å². The van der Waals surface area contributed by atoms with Crippen molar-refractivity contribution in [2.24, 2.45) is 0 Å². The lowest BCUT2D eigenvalue weighted by Crippen LogP contribution is -2.55. The molecule has 2 aromatic carbocycles. The molecule has 1 N–H and O–H groups in total. The normalized spacial score (nSPS) is 22.7. The highest BCUT2D eigenvalue weighted by atomic mass is 35.5. The molecule has 160 valence electrons. The average Bonchev–Trinajstić information content (AvgIpc) is 3.13. The van der Waals surface area contributed by atoms with Crippen LogP contribution in [0, 0.1) is 0 Å². The smallest absolute Gasteiger partial charge is 0.331 e. The van der Waals surface area contributed by atoms with Crippen LogP contribution in [-0.2, 0) is 32.5 Å². The fourth-order valence-electron chi connectivity index (χ4n) is 4.42. The molecular weight excluding hydrogens is 447 g/mol. The largest absolute Gasteiger partial charge is 0.480 e. The van der Waals surface area contributed by atoms with E-state index in [1.54, 1.807) is 18.2 Å². The maximum Gasteiger partial charge on any atom is 0.331 e. The van der Waals surface area contributed by atoms with Crippen LogP contribution >= 0.6 is 23.2 Å². The van der Waals surface area contributed by atoms with Crippen molar-refractivity contribution >= 4 is 39.2 Å². The molecule has 1 heterocycles. The molecule has 0 aromatic heterocycles. The average molecular weight is 469 g/mol. The van der Waals surface area contributed by atoms with Gasteiger partial charge in [0.05, 0.1) is 10.0 Å². The molecule has 9 heteroatoms. The highest BCUT2D eigenvalue weighted by Crippen LogP contribution is 2.45. The molecule has 0 spiro atoms. The second-order valence-electron chi connectivity index (χ2n) is 7.72. The Kier molecular flexibility index (Phi) is 5.85. The standard InChI is InChI=1S/C21H22Cl2N2O4S/c22-18-6-5-15(13-19(18)23)14-24-9-11-25(12-10-24)30(28,29)21(20(26)27)8-7-16-3-1-2-4-17(16)21/h1-6,13H,7-12,14H2,(H,26,27)/t21-/m0/s1. The Morgan fingerprint density at radius 2 is 1.73 bits per heavy atom. The minimum absolute atomic E-state index is 0.0630. The number of carbonyl (C=O) groups is 1. The number of halogens is 2. The topological polar surface area (TPSA) is 77.9 Å². The van der Waals surface area contributed by atoms with E-state index >= 15 is 0 Å². The summed E-state index contributed by atoms with van der Waals surface area (Å²) in [5, 5.41) is 11.0. The van der Waals surface area contributed by atoms with Crippen LogP contribution in [-0.4, -0.2) is 54.9 Å². The molecule has 1 fully saturated rings. The number of hydrogen-bond donors (Lipinski definition) is 1. The number of carboxylic acids is 1. The maximum atomic E-state index is 13.6.